The van der Waals surface area contributed by atoms with E-state index in [4.69, 9.17) is 0 Å². The highest BCUT2D eigenvalue weighted by molar-refractivity contribution is 7.27. The summed E-state index contributed by atoms with van der Waals surface area (Å²) in [6.45, 7) is 27.5. The van der Waals surface area contributed by atoms with Crippen LogP contribution in [-0.2, 0) is 10.8 Å². The average molecular weight is 649 g/mol. The molecule has 0 aliphatic carbocycles. The van der Waals surface area contributed by atoms with Crippen LogP contribution in [0.5, 0.6) is 0 Å². The average Bonchev–Trinajstić information content (AvgIpc) is 3.09. The fraction of sp³-hybridized carbons (Fsp3) is 0.348. The highest BCUT2D eigenvalue weighted by atomic mass is 31.0. The van der Waals surface area contributed by atoms with E-state index in [0.717, 1.165) is 0 Å². The van der Waals surface area contributed by atoms with Crippen molar-refractivity contribution in [2.45, 2.75) is 106 Å². The van der Waals surface area contributed by atoms with Gasteiger partial charge in [0.2, 0.25) is 0 Å². The number of rotatable bonds is 8. The van der Waals surface area contributed by atoms with Crippen LogP contribution in [-0.4, -0.2) is 0 Å². The molecule has 0 amide bonds. The van der Waals surface area contributed by atoms with Crippen molar-refractivity contribution in [2.24, 2.45) is 0 Å². The van der Waals surface area contributed by atoms with Crippen LogP contribution in [0.15, 0.2) is 146 Å². The number of benzene rings is 4. The van der Waals surface area contributed by atoms with Gasteiger partial charge in [-0.1, -0.05) is 226 Å². The van der Waals surface area contributed by atoms with Crippen molar-refractivity contribution in [3.8, 4) is 0 Å². The summed E-state index contributed by atoms with van der Waals surface area (Å²) in [6.07, 6.45) is 12.2. The topological polar surface area (TPSA) is 0 Å². The molecule has 1 unspecified atom stereocenters. The first-order chi connectivity index (χ1) is 22.4. The fourth-order valence-electron chi connectivity index (χ4n) is 4.71. The van der Waals surface area contributed by atoms with E-state index in [1.807, 2.05) is 32.9 Å². The van der Waals surface area contributed by atoms with Gasteiger partial charge in [0.25, 0.3) is 0 Å². The molecule has 0 heterocycles. The van der Waals surface area contributed by atoms with E-state index in [-0.39, 0.29) is 10.8 Å². The molecule has 0 aliphatic heterocycles. The zero-order valence-corrected chi connectivity index (χ0v) is 32.8. The first kappa shape index (κ1) is 43.5. The molecule has 0 radical (unpaired) electrons. The summed E-state index contributed by atoms with van der Waals surface area (Å²) in [6, 6.07) is 38.4. The maximum atomic E-state index is 3.78. The number of allylic oxidation sites excluding steroid dienone is 5. The normalized spacial score (nSPS) is 10.9. The molecular weight excluding hydrogens is 583 g/mol. The summed E-state index contributed by atoms with van der Waals surface area (Å²) in [5.74, 6) is 0. The minimum atomic E-state index is 0.0158. The van der Waals surface area contributed by atoms with Crippen LogP contribution in [0.2, 0.25) is 0 Å². The van der Waals surface area contributed by atoms with E-state index in [9.17, 15) is 0 Å². The van der Waals surface area contributed by atoms with Crippen molar-refractivity contribution >= 4 is 14.5 Å². The Balaban J connectivity index is 0.000000638. The lowest BCUT2D eigenvalue weighted by Gasteiger charge is -2.27. The van der Waals surface area contributed by atoms with Gasteiger partial charge in [-0.25, -0.2) is 0 Å². The van der Waals surface area contributed by atoms with Crippen molar-refractivity contribution < 1.29 is 0 Å². The van der Waals surface area contributed by atoms with Crippen LogP contribution in [0.1, 0.15) is 109 Å². The molecule has 1 heteroatoms. The predicted octanol–water partition coefficient (Wildman–Crippen LogP) is 13.7. The Morgan fingerprint density at radius 1 is 0.638 bits per heavy atom. The molecule has 0 aliphatic rings. The first-order valence-corrected chi connectivity index (χ1v) is 18.0. The van der Waals surface area contributed by atoms with Crippen LogP contribution in [0, 0.1) is 13.8 Å². The minimum Gasteiger partial charge on any atom is -0.106 e. The SMILES string of the molecule is C=C/C=C(\C=C/C)C(C)(C)c1ccccc1.CC.CCCCC.Cc1ccc(C(C)(C)c2ccccc2)cc1.Cc1ccc(P)cc1. The molecule has 47 heavy (non-hydrogen) atoms. The number of unbranched alkanes of at least 4 members (excludes halogenated alkanes) is 2. The van der Waals surface area contributed by atoms with E-state index >= 15 is 0 Å². The Bertz CT molecular complexity index is 1360. The lowest BCUT2D eigenvalue weighted by Crippen LogP contribution is -2.19. The second-order valence-electron chi connectivity index (χ2n) is 12.5. The van der Waals surface area contributed by atoms with Gasteiger partial charge in [0.05, 0.1) is 0 Å². The van der Waals surface area contributed by atoms with E-state index in [0.29, 0.717) is 0 Å². The summed E-state index contributed by atoms with van der Waals surface area (Å²) in [5.41, 5.74) is 8.04. The third kappa shape index (κ3) is 16.8. The molecule has 0 N–H and O–H groups in total. The van der Waals surface area contributed by atoms with Crippen LogP contribution >= 0.6 is 9.24 Å². The summed E-state index contributed by atoms with van der Waals surface area (Å²) in [4.78, 5) is 0. The van der Waals surface area contributed by atoms with Gasteiger partial charge >= 0.3 is 0 Å². The second-order valence-corrected chi connectivity index (χ2v) is 13.1. The van der Waals surface area contributed by atoms with Crippen molar-refractivity contribution in [3.05, 3.63) is 173 Å². The predicted molar refractivity (Wildman–Crippen MR) is 219 cm³/mol. The number of hydrogen-bond acceptors (Lipinski definition) is 0. The smallest absolute Gasteiger partial charge is 0.0146 e. The Labute approximate surface area is 293 Å². The van der Waals surface area contributed by atoms with Crippen LogP contribution < -0.4 is 5.30 Å². The zero-order valence-electron chi connectivity index (χ0n) is 31.6. The molecule has 0 nitrogen and oxygen atoms in total. The Morgan fingerprint density at radius 3 is 1.40 bits per heavy atom. The molecule has 0 bridgehead atoms. The number of hydrogen-bond donors (Lipinski definition) is 0. The molecule has 0 saturated heterocycles. The largest absolute Gasteiger partial charge is 0.106 e. The molecule has 4 aromatic rings. The van der Waals surface area contributed by atoms with E-state index < -0.39 is 0 Å². The fourth-order valence-corrected chi connectivity index (χ4v) is 4.90. The van der Waals surface area contributed by atoms with Gasteiger partial charge in [0, 0.05) is 10.8 Å². The second kappa shape index (κ2) is 24.7. The summed E-state index contributed by atoms with van der Waals surface area (Å²) in [5, 5.41) is 1.25. The van der Waals surface area contributed by atoms with E-state index in [2.05, 4.69) is 193 Å². The molecule has 0 aromatic heterocycles. The van der Waals surface area contributed by atoms with Gasteiger partial charge in [-0.05, 0) is 48.3 Å². The maximum Gasteiger partial charge on any atom is 0.0146 e. The summed E-state index contributed by atoms with van der Waals surface area (Å²) >= 11 is 0. The molecule has 254 valence electrons. The highest BCUT2D eigenvalue weighted by Crippen LogP contribution is 2.32. The Morgan fingerprint density at radius 2 is 1.04 bits per heavy atom. The Hall–Kier alpha value is -3.47. The van der Waals surface area contributed by atoms with Crippen molar-refractivity contribution in [1.29, 1.82) is 0 Å². The molecule has 0 saturated carbocycles. The van der Waals surface area contributed by atoms with Crippen LogP contribution in [0.25, 0.3) is 0 Å². The van der Waals surface area contributed by atoms with Gasteiger partial charge in [-0.15, -0.1) is 9.24 Å². The van der Waals surface area contributed by atoms with E-state index in [1.165, 1.54) is 58.0 Å². The monoisotopic (exact) mass is 648 g/mol. The highest BCUT2D eigenvalue weighted by Gasteiger charge is 2.23. The van der Waals surface area contributed by atoms with Crippen molar-refractivity contribution in [1.82, 2.24) is 0 Å². The van der Waals surface area contributed by atoms with Crippen molar-refractivity contribution in [2.75, 3.05) is 0 Å². The molecule has 0 fully saturated rings. The number of aryl methyl sites for hydroxylation is 2. The maximum absolute atomic E-state index is 3.78. The Kier molecular flexibility index (Phi) is 22.8. The van der Waals surface area contributed by atoms with E-state index in [1.54, 1.807) is 0 Å². The van der Waals surface area contributed by atoms with Gasteiger partial charge in [-0.3, -0.25) is 0 Å². The summed E-state index contributed by atoms with van der Waals surface area (Å²) < 4.78 is 0. The van der Waals surface area contributed by atoms with Crippen LogP contribution in [0.3, 0.4) is 0 Å². The van der Waals surface area contributed by atoms with Gasteiger partial charge in [0.15, 0.2) is 0 Å². The first-order valence-electron chi connectivity index (χ1n) is 17.4. The zero-order chi connectivity index (χ0) is 35.7. The lowest BCUT2D eigenvalue weighted by molar-refractivity contribution is 0.639. The molecular formula is C46H65P. The van der Waals surface area contributed by atoms with Gasteiger partial charge in [-0.2, -0.15) is 0 Å². The lowest BCUT2D eigenvalue weighted by atomic mass is 9.77. The van der Waals surface area contributed by atoms with Gasteiger partial charge in [0.1, 0.15) is 0 Å². The standard InChI is InChI=1S/C16H18.C16H20.C7H9P.C5H12.C2H6/c1-13-9-11-15(12-10-13)16(2,3)14-7-5-4-6-8-14;1-5-10-14(11-6-2)16(3,4)15-12-8-7-9-13-15;1-6-2-4-7(8)5-3-6;1-3-5-4-2;1-2/h4-12H,1-3H3;5-13H,1H2,2-4H3;2-5H,8H2,1H3;3-5H2,1-2H3;1-2H3/b;11-6-,14-10+;;;. The minimum absolute atomic E-state index is 0.0158. The third-order valence-corrected chi connectivity index (χ3v) is 8.30. The van der Waals surface area contributed by atoms with Crippen molar-refractivity contribution in [3.63, 3.8) is 0 Å². The van der Waals surface area contributed by atoms with Gasteiger partial charge < -0.3 is 0 Å². The molecule has 4 aromatic carbocycles. The molecule has 0 spiro atoms. The molecule has 4 rings (SSSR count). The van der Waals surface area contributed by atoms with Crippen LogP contribution in [0.4, 0.5) is 0 Å². The quantitative estimate of drug-likeness (QED) is 0.132. The molecule has 1 atom stereocenters. The summed E-state index contributed by atoms with van der Waals surface area (Å²) in [7, 11) is 2.65. The third-order valence-electron chi connectivity index (χ3n) is 7.91.